The molecule has 0 aromatic heterocycles. The number of ether oxygens (including phenoxy) is 3. The lowest BCUT2D eigenvalue weighted by Crippen LogP contribution is -2.53. The number of carbonyl (C=O) groups excluding carboxylic acids is 2. The molecule has 0 spiro atoms. The normalized spacial score (nSPS) is 11.7. The predicted molar refractivity (Wildman–Crippen MR) is 177 cm³/mol. The first-order valence-electron chi connectivity index (χ1n) is 14.9. The van der Waals surface area contributed by atoms with Crippen LogP contribution in [0.15, 0.2) is 102 Å². The lowest BCUT2D eigenvalue weighted by Gasteiger charge is -2.34. The highest BCUT2D eigenvalue weighted by molar-refractivity contribution is 7.92. The van der Waals surface area contributed by atoms with E-state index in [9.17, 15) is 22.4 Å². The van der Waals surface area contributed by atoms with E-state index < -0.39 is 40.2 Å². The second kappa shape index (κ2) is 15.9. The van der Waals surface area contributed by atoms with Crippen molar-refractivity contribution >= 4 is 27.5 Å². The number of hydrogen-bond donors (Lipinski definition) is 1. The number of hydrogen-bond acceptors (Lipinski definition) is 7. The lowest BCUT2D eigenvalue weighted by molar-refractivity contribution is -0.140. The summed E-state index contributed by atoms with van der Waals surface area (Å²) in [5.41, 5.74) is 1.52. The van der Waals surface area contributed by atoms with Crippen LogP contribution < -0.4 is 23.8 Å². The number of sulfonamides is 1. The van der Waals surface area contributed by atoms with Crippen molar-refractivity contribution in [2.24, 2.45) is 0 Å². The monoisotopic (exact) mass is 663 g/mol. The van der Waals surface area contributed by atoms with E-state index in [-0.39, 0.29) is 29.3 Å². The van der Waals surface area contributed by atoms with Gasteiger partial charge in [0, 0.05) is 25.6 Å². The zero-order chi connectivity index (χ0) is 34.0. The molecule has 0 heterocycles. The molecule has 1 atom stereocenters. The Morgan fingerprint density at radius 2 is 1.49 bits per heavy atom. The minimum atomic E-state index is -4.44. The lowest BCUT2D eigenvalue weighted by atomic mass is 10.0. The average molecular weight is 664 g/mol. The van der Waals surface area contributed by atoms with E-state index in [1.54, 1.807) is 31.2 Å². The van der Waals surface area contributed by atoms with Crippen molar-refractivity contribution in [1.82, 2.24) is 10.2 Å². The zero-order valence-corrected chi connectivity index (χ0v) is 27.5. The van der Waals surface area contributed by atoms with Gasteiger partial charge in [0.1, 0.15) is 24.2 Å². The second-order valence-corrected chi connectivity index (χ2v) is 12.3. The van der Waals surface area contributed by atoms with Gasteiger partial charge in [-0.15, -0.1) is 0 Å². The quantitative estimate of drug-likeness (QED) is 0.194. The SMILES string of the molecule is CCNC(=O)[C@@H](Cc1ccccc1)N(Cc1cccc(OC)c1)C(=O)CN(c1ccc(F)cc1)S(=O)(=O)c1ccc(OC)c(OC)c1. The molecule has 0 radical (unpaired) electrons. The van der Waals surface area contributed by atoms with Crippen LogP contribution in [0.4, 0.5) is 10.1 Å². The third-order valence-corrected chi connectivity index (χ3v) is 9.22. The maximum absolute atomic E-state index is 14.5. The molecule has 0 saturated heterocycles. The third-order valence-electron chi connectivity index (χ3n) is 7.45. The molecule has 0 bridgehead atoms. The highest BCUT2D eigenvalue weighted by Crippen LogP contribution is 2.32. The summed E-state index contributed by atoms with van der Waals surface area (Å²) in [6.07, 6.45) is 0.168. The molecule has 248 valence electrons. The Bertz CT molecular complexity index is 1770. The predicted octanol–water partition coefficient (Wildman–Crippen LogP) is 4.82. The van der Waals surface area contributed by atoms with Gasteiger partial charge in [-0.2, -0.15) is 0 Å². The van der Waals surface area contributed by atoms with Crippen molar-refractivity contribution in [2.75, 3.05) is 38.7 Å². The molecule has 1 N–H and O–H groups in total. The molecule has 0 aliphatic heterocycles. The van der Waals surface area contributed by atoms with Gasteiger partial charge in [0.2, 0.25) is 11.8 Å². The van der Waals surface area contributed by atoms with Crippen LogP contribution in [0.5, 0.6) is 17.2 Å². The standard InChI is InChI=1S/C35H38FN3O7S/c1-5-37-35(41)31(21-25-10-7-6-8-11-25)38(23-26-12-9-13-29(20-26)44-2)34(40)24-39(28-16-14-27(36)15-17-28)47(42,43)30-18-19-32(45-3)33(22-30)46-4/h6-20,22,31H,5,21,23-24H2,1-4H3,(H,37,41)/t31-/m1/s1. The van der Waals surface area contributed by atoms with Crippen LogP contribution in [0.3, 0.4) is 0 Å². The summed E-state index contributed by atoms with van der Waals surface area (Å²) in [4.78, 5) is 29.3. The maximum Gasteiger partial charge on any atom is 0.264 e. The Kier molecular flexibility index (Phi) is 11.8. The van der Waals surface area contributed by atoms with Crippen LogP contribution >= 0.6 is 0 Å². The molecular formula is C35H38FN3O7S. The summed E-state index contributed by atoms with van der Waals surface area (Å²) in [6.45, 7) is 1.37. The number of methoxy groups -OCH3 is 3. The summed E-state index contributed by atoms with van der Waals surface area (Å²) in [7, 11) is -0.123. The molecule has 12 heteroatoms. The van der Waals surface area contributed by atoms with Crippen LogP contribution in [0.25, 0.3) is 0 Å². The van der Waals surface area contributed by atoms with E-state index in [2.05, 4.69) is 5.32 Å². The van der Waals surface area contributed by atoms with Gasteiger partial charge in [-0.05, 0) is 66.6 Å². The van der Waals surface area contributed by atoms with Gasteiger partial charge in [-0.3, -0.25) is 13.9 Å². The van der Waals surface area contributed by atoms with E-state index in [1.807, 2.05) is 30.3 Å². The summed E-state index contributed by atoms with van der Waals surface area (Å²) in [5, 5.41) is 2.82. The molecular weight excluding hydrogens is 625 g/mol. The van der Waals surface area contributed by atoms with Crippen molar-refractivity contribution in [1.29, 1.82) is 0 Å². The van der Waals surface area contributed by atoms with Gasteiger partial charge in [0.05, 0.1) is 31.9 Å². The fourth-order valence-electron chi connectivity index (χ4n) is 5.05. The molecule has 10 nitrogen and oxygen atoms in total. The zero-order valence-electron chi connectivity index (χ0n) is 26.7. The molecule has 4 aromatic carbocycles. The van der Waals surface area contributed by atoms with Crippen molar-refractivity contribution in [2.45, 2.75) is 30.8 Å². The van der Waals surface area contributed by atoms with E-state index >= 15 is 0 Å². The Balaban J connectivity index is 1.82. The molecule has 0 saturated carbocycles. The fourth-order valence-corrected chi connectivity index (χ4v) is 6.48. The molecule has 4 aromatic rings. The van der Waals surface area contributed by atoms with Gasteiger partial charge >= 0.3 is 0 Å². The van der Waals surface area contributed by atoms with Crippen LogP contribution in [0.2, 0.25) is 0 Å². The van der Waals surface area contributed by atoms with Gasteiger partial charge in [0.25, 0.3) is 10.0 Å². The highest BCUT2D eigenvalue weighted by atomic mass is 32.2. The van der Waals surface area contributed by atoms with Gasteiger partial charge in [-0.25, -0.2) is 12.8 Å². The minimum Gasteiger partial charge on any atom is -0.497 e. The molecule has 0 unspecified atom stereocenters. The average Bonchev–Trinajstić information content (AvgIpc) is 3.09. The summed E-state index contributed by atoms with van der Waals surface area (Å²) in [6, 6.07) is 24.1. The van der Waals surface area contributed by atoms with Gasteiger partial charge in [0.15, 0.2) is 11.5 Å². The van der Waals surface area contributed by atoms with Crippen molar-refractivity contribution < 1.29 is 36.6 Å². The summed E-state index contributed by atoms with van der Waals surface area (Å²) in [5.74, 6) is -0.611. The number of likely N-dealkylation sites (N-methyl/N-ethyl adjacent to an activating group) is 1. The number of anilines is 1. The van der Waals surface area contributed by atoms with Crippen LogP contribution in [-0.4, -0.2) is 65.6 Å². The first kappa shape index (κ1) is 34.8. The smallest absolute Gasteiger partial charge is 0.264 e. The molecule has 4 rings (SSSR count). The Labute approximate surface area is 274 Å². The minimum absolute atomic E-state index is 0.0294. The van der Waals surface area contributed by atoms with Crippen molar-refractivity contribution in [3.63, 3.8) is 0 Å². The largest absolute Gasteiger partial charge is 0.497 e. The highest BCUT2D eigenvalue weighted by Gasteiger charge is 2.35. The molecule has 2 amide bonds. The number of halogens is 1. The van der Waals surface area contributed by atoms with E-state index in [0.717, 1.165) is 22.0 Å². The number of nitrogens with one attached hydrogen (secondary N) is 1. The molecule has 0 aliphatic carbocycles. The Morgan fingerprint density at radius 1 is 0.809 bits per heavy atom. The number of benzene rings is 4. The van der Waals surface area contributed by atoms with Gasteiger partial charge < -0.3 is 24.4 Å². The van der Waals surface area contributed by atoms with Crippen molar-refractivity contribution in [3.05, 3.63) is 114 Å². The number of rotatable bonds is 15. The van der Waals surface area contributed by atoms with E-state index in [4.69, 9.17) is 14.2 Å². The number of carbonyl (C=O) groups is 2. The first-order chi connectivity index (χ1) is 22.6. The molecule has 0 aliphatic rings. The fraction of sp³-hybridized carbons (Fsp3) is 0.257. The first-order valence-corrected chi connectivity index (χ1v) is 16.3. The Morgan fingerprint density at radius 3 is 2.13 bits per heavy atom. The number of nitrogens with zero attached hydrogens (tertiary/aromatic N) is 2. The second-order valence-electron chi connectivity index (χ2n) is 10.5. The molecule has 0 fully saturated rings. The maximum atomic E-state index is 14.5. The third kappa shape index (κ3) is 8.59. The van der Waals surface area contributed by atoms with E-state index in [0.29, 0.717) is 23.6 Å². The summed E-state index contributed by atoms with van der Waals surface area (Å²) < 4.78 is 59.4. The number of amides is 2. The summed E-state index contributed by atoms with van der Waals surface area (Å²) >= 11 is 0. The van der Waals surface area contributed by atoms with E-state index in [1.165, 1.54) is 56.6 Å². The van der Waals surface area contributed by atoms with Crippen LogP contribution in [0, 0.1) is 5.82 Å². The van der Waals surface area contributed by atoms with Crippen LogP contribution in [-0.2, 0) is 32.6 Å². The Hall–Kier alpha value is -5.10. The topological polar surface area (TPSA) is 114 Å². The van der Waals surface area contributed by atoms with Crippen LogP contribution in [0.1, 0.15) is 18.1 Å². The van der Waals surface area contributed by atoms with Crippen molar-refractivity contribution in [3.8, 4) is 17.2 Å². The molecule has 47 heavy (non-hydrogen) atoms. The van der Waals surface area contributed by atoms with Gasteiger partial charge in [-0.1, -0.05) is 42.5 Å².